The van der Waals surface area contributed by atoms with E-state index in [-0.39, 0.29) is 23.2 Å². The molecule has 0 amide bonds. The van der Waals surface area contributed by atoms with E-state index in [1.54, 1.807) is 4.90 Å². The summed E-state index contributed by atoms with van der Waals surface area (Å²) >= 11 is 0. The van der Waals surface area contributed by atoms with Gasteiger partial charge < -0.3 is 14.7 Å². The van der Waals surface area contributed by atoms with Gasteiger partial charge in [0.05, 0.1) is 17.6 Å². The summed E-state index contributed by atoms with van der Waals surface area (Å²) in [6.07, 6.45) is 1.04. The van der Waals surface area contributed by atoms with Crippen LogP contribution in [0.1, 0.15) is 17.3 Å². The van der Waals surface area contributed by atoms with Crippen LogP contribution in [0.15, 0.2) is 12.3 Å². The molecule has 1 aromatic heterocycles. The number of ether oxygens (including phenoxy) is 1. The topological polar surface area (TPSA) is 106 Å². The fourth-order valence-electron chi connectivity index (χ4n) is 1.97. The molecule has 0 saturated carbocycles. The first-order chi connectivity index (χ1) is 8.99. The van der Waals surface area contributed by atoms with Gasteiger partial charge in [-0.2, -0.15) is 0 Å². The summed E-state index contributed by atoms with van der Waals surface area (Å²) in [5, 5.41) is 19.8. The minimum absolute atomic E-state index is 0.0348. The Labute approximate surface area is 108 Å². The summed E-state index contributed by atoms with van der Waals surface area (Å²) in [5.74, 6) is -0.987. The van der Waals surface area contributed by atoms with Gasteiger partial charge in [-0.25, -0.2) is 9.78 Å². The number of nitrogens with zero attached hydrogens (tertiary/aromatic N) is 3. The second kappa shape index (κ2) is 5.19. The maximum absolute atomic E-state index is 11.2. The average molecular weight is 267 g/mol. The van der Waals surface area contributed by atoms with Crippen LogP contribution in [-0.4, -0.2) is 46.8 Å². The van der Waals surface area contributed by atoms with Crippen molar-refractivity contribution in [3.05, 3.63) is 27.9 Å². The van der Waals surface area contributed by atoms with Crippen LogP contribution in [-0.2, 0) is 4.74 Å². The average Bonchev–Trinajstić information content (AvgIpc) is 2.37. The molecule has 1 aliphatic rings. The lowest BCUT2D eigenvalue weighted by Gasteiger charge is -2.32. The maximum atomic E-state index is 11.2. The molecule has 1 saturated heterocycles. The molecule has 1 unspecified atom stereocenters. The molecule has 1 aliphatic heterocycles. The van der Waals surface area contributed by atoms with Crippen LogP contribution in [0.25, 0.3) is 0 Å². The van der Waals surface area contributed by atoms with Crippen molar-refractivity contribution in [2.75, 3.05) is 24.6 Å². The van der Waals surface area contributed by atoms with E-state index in [1.807, 2.05) is 6.92 Å². The molecule has 102 valence electrons. The highest BCUT2D eigenvalue weighted by Crippen LogP contribution is 2.24. The number of anilines is 1. The number of carboxylic acids is 1. The largest absolute Gasteiger partial charge is 0.478 e. The molecular weight excluding hydrogens is 254 g/mol. The van der Waals surface area contributed by atoms with Crippen molar-refractivity contribution in [1.29, 1.82) is 0 Å². The van der Waals surface area contributed by atoms with E-state index in [0.717, 1.165) is 12.3 Å². The Hall–Kier alpha value is -2.22. The van der Waals surface area contributed by atoms with Crippen molar-refractivity contribution in [3.63, 3.8) is 0 Å². The zero-order chi connectivity index (χ0) is 14.0. The van der Waals surface area contributed by atoms with E-state index in [2.05, 4.69) is 4.98 Å². The van der Waals surface area contributed by atoms with Crippen molar-refractivity contribution < 1.29 is 19.6 Å². The number of carbonyl (C=O) groups is 1. The lowest BCUT2D eigenvalue weighted by molar-refractivity contribution is -0.385. The zero-order valence-corrected chi connectivity index (χ0v) is 10.3. The number of pyridine rings is 1. The number of hydrogen-bond donors (Lipinski definition) is 1. The first-order valence-corrected chi connectivity index (χ1v) is 5.73. The molecule has 1 aromatic rings. The highest BCUT2D eigenvalue weighted by Gasteiger charge is 2.25. The number of nitro groups is 1. The standard InChI is InChI=1S/C11H13N3O5/c1-7-6-13(2-3-19-7)10-9(11(15)16)4-8(5-12-10)14(17)18/h4-5,7H,2-3,6H2,1H3,(H,15,16). The van der Waals surface area contributed by atoms with Gasteiger partial charge in [0.15, 0.2) is 0 Å². The van der Waals surface area contributed by atoms with Crippen LogP contribution < -0.4 is 4.90 Å². The summed E-state index contributed by atoms with van der Waals surface area (Å²) in [5.41, 5.74) is -0.495. The molecule has 2 rings (SSSR count). The predicted molar refractivity (Wildman–Crippen MR) is 65.5 cm³/mol. The van der Waals surface area contributed by atoms with E-state index < -0.39 is 10.9 Å². The third kappa shape index (κ3) is 2.79. The Morgan fingerprint density at radius 3 is 3.00 bits per heavy atom. The lowest BCUT2D eigenvalue weighted by Crippen LogP contribution is -2.42. The van der Waals surface area contributed by atoms with Crippen molar-refractivity contribution in [2.45, 2.75) is 13.0 Å². The first kappa shape index (κ1) is 13.2. The molecule has 1 fully saturated rings. The van der Waals surface area contributed by atoms with E-state index in [4.69, 9.17) is 9.84 Å². The SMILES string of the molecule is CC1CN(c2ncc([N+](=O)[O-])cc2C(=O)O)CCO1. The molecule has 1 N–H and O–H groups in total. The van der Waals surface area contributed by atoms with Crippen LogP contribution >= 0.6 is 0 Å². The van der Waals surface area contributed by atoms with Gasteiger partial charge in [0.2, 0.25) is 0 Å². The van der Waals surface area contributed by atoms with Crippen LogP contribution in [0.3, 0.4) is 0 Å². The van der Waals surface area contributed by atoms with E-state index in [0.29, 0.717) is 19.7 Å². The fraction of sp³-hybridized carbons (Fsp3) is 0.455. The molecule has 0 radical (unpaired) electrons. The van der Waals surface area contributed by atoms with Crippen LogP contribution in [0, 0.1) is 10.1 Å². The number of hydrogen-bond acceptors (Lipinski definition) is 6. The van der Waals surface area contributed by atoms with E-state index >= 15 is 0 Å². The Morgan fingerprint density at radius 1 is 1.68 bits per heavy atom. The van der Waals surface area contributed by atoms with E-state index in [1.165, 1.54) is 0 Å². The highest BCUT2D eigenvalue weighted by atomic mass is 16.6. The van der Waals surface area contributed by atoms with Gasteiger partial charge in [-0.1, -0.05) is 0 Å². The second-order valence-corrected chi connectivity index (χ2v) is 4.25. The van der Waals surface area contributed by atoms with Gasteiger partial charge in [-0.3, -0.25) is 10.1 Å². The molecule has 0 spiro atoms. The quantitative estimate of drug-likeness (QED) is 0.640. The second-order valence-electron chi connectivity index (χ2n) is 4.25. The van der Waals surface area contributed by atoms with Gasteiger partial charge in [0.1, 0.15) is 17.6 Å². The Morgan fingerprint density at radius 2 is 2.42 bits per heavy atom. The third-order valence-electron chi connectivity index (χ3n) is 2.83. The molecule has 1 atom stereocenters. The summed E-state index contributed by atoms with van der Waals surface area (Å²) < 4.78 is 5.37. The third-order valence-corrected chi connectivity index (χ3v) is 2.83. The normalized spacial score (nSPS) is 19.2. The maximum Gasteiger partial charge on any atom is 0.339 e. The minimum Gasteiger partial charge on any atom is -0.478 e. The smallest absolute Gasteiger partial charge is 0.339 e. The molecule has 8 heteroatoms. The predicted octanol–water partition coefficient (Wildman–Crippen LogP) is 0.913. The van der Waals surface area contributed by atoms with Gasteiger partial charge in [0, 0.05) is 19.2 Å². The monoisotopic (exact) mass is 267 g/mol. The Balaban J connectivity index is 2.38. The number of aromatic carboxylic acids is 1. The minimum atomic E-state index is -1.23. The summed E-state index contributed by atoms with van der Waals surface area (Å²) in [6, 6.07) is 1.03. The molecule has 2 heterocycles. The summed E-state index contributed by atoms with van der Waals surface area (Å²) in [4.78, 5) is 26.9. The van der Waals surface area contributed by atoms with Gasteiger partial charge >= 0.3 is 5.97 Å². The molecule has 0 bridgehead atoms. The van der Waals surface area contributed by atoms with Crippen molar-refractivity contribution in [2.24, 2.45) is 0 Å². The zero-order valence-electron chi connectivity index (χ0n) is 10.3. The van der Waals surface area contributed by atoms with Gasteiger partial charge in [0.25, 0.3) is 5.69 Å². The molecule has 0 aromatic carbocycles. The van der Waals surface area contributed by atoms with Crippen molar-refractivity contribution in [3.8, 4) is 0 Å². The van der Waals surface area contributed by atoms with Crippen molar-refractivity contribution in [1.82, 2.24) is 4.98 Å². The molecule has 0 aliphatic carbocycles. The summed E-state index contributed by atoms with van der Waals surface area (Å²) in [6.45, 7) is 3.36. The highest BCUT2D eigenvalue weighted by molar-refractivity contribution is 5.94. The van der Waals surface area contributed by atoms with Gasteiger partial charge in [-0.15, -0.1) is 0 Å². The Kier molecular flexibility index (Phi) is 3.61. The van der Waals surface area contributed by atoms with Crippen LogP contribution in [0.5, 0.6) is 0 Å². The number of carboxylic acid groups (broad SMARTS) is 1. The van der Waals surface area contributed by atoms with Crippen LogP contribution in [0.4, 0.5) is 11.5 Å². The lowest BCUT2D eigenvalue weighted by atomic mass is 10.2. The number of aromatic nitrogens is 1. The molecule has 8 nitrogen and oxygen atoms in total. The Bertz CT molecular complexity index is 519. The van der Waals surface area contributed by atoms with E-state index in [9.17, 15) is 14.9 Å². The molecule has 19 heavy (non-hydrogen) atoms. The molecular formula is C11H13N3O5. The number of morpholine rings is 1. The summed E-state index contributed by atoms with van der Waals surface area (Å²) in [7, 11) is 0. The fourth-order valence-corrected chi connectivity index (χ4v) is 1.97. The van der Waals surface area contributed by atoms with Crippen LogP contribution in [0.2, 0.25) is 0 Å². The first-order valence-electron chi connectivity index (χ1n) is 5.73. The van der Waals surface area contributed by atoms with Gasteiger partial charge in [-0.05, 0) is 6.92 Å². The number of rotatable bonds is 3. The van der Waals surface area contributed by atoms with Crippen molar-refractivity contribution >= 4 is 17.5 Å².